The van der Waals surface area contributed by atoms with Gasteiger partial charge in [0.25, 0.3) is 5.92 Å². The third-order valence-corrected chi connectivity index (χ3v) is 7.93. The van der Waals surface area contributed by atoms with Crippen molar-refractivity contribution >= 4 is 11.5 Å². The van der Waals surface area contributed by atoms with Crippen LogP contribution < -0.4 is 9.80 Å². The van der Waals surface area contributed by atoms with E-state index in [4.69, 9.17) is 4.98 Å². The van der Waals surface area contributed by atoms with Gasteiger partial charge in [-0.25, -0.2) is 18.4 Å². The lowest BCUT2D eigenvalue weighted by molar-refractivity contribution is -0.0221. The van der Waals surface area contributed by atoms with Crippen LogP contribution in [0, 0.1) is 12.3 Å². The zero-order valence-corrected chi connectivity index (χ0v) is 19.7. The van der Waals surface area contributed by atoms with E-state index in [2.05, 4.69) is 35.1 Å². The first-order chi connectivity index (χ1) is 16.4. The predicted molar refractivity (Wildman–Crippen MR) is 131 cm³/mol. The molecule has 7 heteroatoms. The van der Waals surface area contributed by atoms with Crippen LogP contribution in [-0.4, -0.2) is 46.9 Å². The van der Waals surface area contributed by atoms with Gasteiger partial charge in [-0.1, -0.05) is 12.1 Å². The molecule has 3 aromatic rings. The quantitative estimate of drug-likeness (QED) is 0.486. The second-order valence-corrected chi connectivity index (χ2v) is 10.4. The Bertz CT molecular complexity index is 1180. The fraction of sp³-hybridized carbons (Fsp3) is 0.481. The second kappa shape index (κ2) is 8.07. The first-order valence-corrected chi connectivity index (χ1v) is 12.4. The number of aryl methyl sites for hydroxylation is 1. The summed E-state index contributed by atoms with van der Waals surface area (Å²) in [5, 5.41) is 4.69. The molecule has 4 heterocycles. The molecule has 1 spiro atoms. The molecule has 5 nitrogen and oxygen atoms in total. The summed E-state index contributed by atoms with van der Waals surface area (Å²) in [5.74, 6) is -1.81. The summed E-state index contributed by atoms with van der Waals surface area (Å²) in [6.07, 6.45) is 8.99. The van der Waals surface area contributed by atoms with Crippen molar-refractivity contribution in [2.75, 3.05) is 36.0 Å². The van der Waals surface area contributed by atoms with Gasteiger partial charge < -0.3 is 9.80 Å². The molecule has 178 valence electrons. The van der Waals surface area contributed by atoms with Crippen molar-refractivity contribution in [2.45, 2.75) is 51.4 Å². The Morgan fingerprint density at radius 2 is 1.56 bits per heavy atom. The molecule has 6 rings (SSSR count). The maximum atomic E-state index is 13.6. The van der Waals surface area contributed by atoms with Crippen LogP contribution in [0.3, 0.4) is 0 Å². The number of rotatable bonds is 4. The van der Waals surface area contributed by atoms with Crippen molar-refractivity contribution in [2.24, 2.45) is 5.41 Å². The number of pyridine rings is 1. The third-order valence-electron chi connectivity index (χ3n) is 7.93. The number of anilines is 2. The van der Waals surface area contributed by atoms with E-state index in [1.54, 1.807) is 0 Å². The lowest BCUT2D eigenvalue weighted by Crippen LogP contribution is -2.39. The Kier molecular flexibility index (Phi) is 5.12. The van der Waals surface area contributed by atoms with E-state index in [0.29, 0.717) is 18.5 Å². The van der Waals surface area contributed by atoms with Gasteiger partial charge in [-0.15, -0.1) is 0 Å². The van der Waals surface area contributed by atoms with Crippen LogP contribution in [0.15, 0.2) is 48.8 Å². The molecule has 2 aromatic heterocycles. The van der Waals surface area contributed by atoms with Gasteiger partial charge in [0.2, 0.25) is 0 Å². The van der Waals surface area contributed by atoms with Crippen LogP contribution in [-0.2, 0) is 0 Å². The minimum absolute atomic E-state index is 0.120. The highest BCUT2D eigenvalue weighted by atomic mass is 19.3. The normalized spacial score (nSPS) is 21.1. The van der Waals surface area contributed by atoms with Crippen molar-refractivity contribution in [3.8, 4) is 16.9 Å². The summed E-state index contributed by atoms with van der Waals surface area (Å²) >= 11 is 0. The number of aromatic nitrogens is 3. The third kappa shape index (κ3) is 4.17. The maximum absolute atomic E-state index is 13.6. The van der Waals surface area contributed by atoms with Crippen LogP contribution in [0.25, 0.3) is 16.9 Å². The molecule has 0 atom stereocenters. The van der Waals surface area contributed by atoms with E-state index >= 15 is 0 Å². The molecule has 0 unspecified atom stereocenters. The van der Waals surface area contributed by atoms with Crippen LogP contribution in [0.4, 0.5) is 20.3 Å². The summed E-state index contributed by atoms with van der Waals surface area (Å²) in [4.78, 5) is 9.25. The SMILES string of the molecule is Cc1ccc(-n2cc(-c3cccc(N4CCC(F)(F)CC4)n3)cn2)c(N2CCC3(CC2)CC3)c1. The Labute approximate surface area is 199 Å². The molecule has 0 radical (unpaired) electrons. The molecule has 34 heavy (non-hydrogen) atoms. The number of hydrogen-bond acceptors (Lipinski definition) is 4. The van der Waals surface area contributed by atoms with Gasteiger partial charge in [0, 0.05) is 50.8 Å². The van der Waals surface area contributed by atoms with Crippen molar-refractivity contribution in [1.82, 2.24) is 14.8 Å². The summed E-state index contributed by atoms with van der Waals surface area (Å²) < 4.78 is 29.1. The minimum Gasteiger partial charge on any atom is -0.370 e. The summed E-state index contributed by atoms with van der Waals surface area (Å²) in [5.41, 5.74) is 5.94. The van der Waals surface area contributed by atoms with E-state index < -0.39 is 5.92 Å². The molecule has 0 N–H and O–H groups in total. The number of nitrogens with zero attached hydrogens (tertiary/aromatic N) is 5. The van der Waals surface area contributed by atoms with Gasteiger partial charge in [-0.3, -0.25) is 0 Å². The molecule has 1 saturated carbocycles. The monoisotopic (exact) mass is 463 g/mol. The highest BCUT2D eigenvalue weighted by Gasteiger charge is 2.44. The number of piperidine rings is 2. The predicted octanol–water partition coefficient (Wildman–Crippen LogP) is 5.86. The van der Waals surface area contributed by atoms with Crippen LogP contribution in [0.5, 0.6) is 0 Å². The molecule has 2 aliphatic heterocycles. The number of hydrogen-bond donors (Lipinski definition) is 0. The first kappa shape index (κ1) is 21.6. The van der Waals surface area contributed by atoms with Gasteiger partial charge >= 0.3 is 0 Å². The highest BCUT2D eigenvalue weighted by Crippen LogP contribution is 2.54. The van der Waals surface area contributed by atoms with Gasteiger partial charge in [0.1, 0.15) is 5.82 Å². The number of benzene rings is 1. The molecule has 0 bridgehead atoms. The molecule has 1 aromatic carbocycles. The average molecular weight is 464 g/mol. The topological polar surface area (TPSA) is 37.2 Å². The lowest BCUT2D eigenvalue weighted by Gasteiger charge is -2.35. The van der Waals surface area contributed by atoms with Gasteiger partial charge in [-0.05, 0) is 67.9 Å². The molecule has 2 saturated heterocycles. The lowest BCUT2D eigenvalue weighted by atomic mass is 9.93. The van der Waals surface area contributed by atoms with Crippen LogP contribution >= 0.6 is 0 Å². The fourth-order valence-electron chi connectivity index (χ4n) is 5.39. The van der Waals surface area contributed by atoms with Gasteiger partial charge in [0.05, 0.1) is 23.3 Å². The van der Waals surface area contributed by atoms with Gasteiger partial charge in [0.15, 0.2) is 0 Å². The van der Waals surface area contributed by atoms with Gasteiger partial charge in [-0.2, -0.15) is 5.10 Å². The summed E-state index contributed by atoms with van der Waals surface area (Å²) in [7, 11) is 0. The standard InChI is InChI=1S/C27H31F2N5/c1-20-5-6-23(24(17-20)32-13-9-26(7-8-26)10-14-32)34-19-21(18-30-34)22-3-2-4-25(31-22)33-15-11-27(28,29)12-16-33/h2-6,17-19H,7-16H2,1H3. The van der Waals surface area contributed by atoms with Crippen molar-refractivity contribution in [1.29, 1.82) is 0 Å². The highest BCUT2D eigenvalue weighted by molar-refractivity contribution is 5.66. The van der Waals surface area contributed by atoms with E-state index in [1.165, 1.54) is 36.9 Å². The smallest absolute Gasteiger partial charge is 0.251 e. The number of halogens is 2. The first-order valence-electron chi connectivity index (χ1n) is 12.4. The van der Waals surface area contributed by atoms with Crippen molar-refractivity contribution < 1.29 is 8.78 Å². The number of alkyl halides is 2. The fourth-order valence-corrected chi connectivity index (χ4v) is 5.39. The molecule has 3 aliphatic rings. The molecular weight excluding hydrogens is 432 g/mol. The van der Waals surface area contributed by atoms with Crippen LogP contribution in [0.1, 0.15) is 44.1 Å². The molecule has 3 fully saturated rings. The van der Waals surface area contributed by atoms with E-state index in [9.17, 15) is 8.78 Å². The minimum atomic E-state index is -2.56. The average Bonchev–Trinajstić information content (AvgIpc) is 3.40. The largest absolute Gasteiger partial charge is 0.370 e. The Morgan fingerprint density at radius 3 is 2.29 bits per heavy atom. The van der Waals surface area contributed by atoms with Crippen LogP contribution in [0.2, 0.25) is 0 Å². The van der Waals surface area contributed by atoms with E-state index in [0.717, 1.165) is 35.9 Å². The Morgan fingerprint density at radius 1 is 0.824 bits per heavy atom. The van der Waals surface area contributed by atoms with E-state index in [1.807, 2.05) is 40.2 Å². The van der Waals surface area contributed by atoms with Crippen molar-refractivity contribution in [3.63, 3.8) is 0 Å². The molecule has 1 aliphatic carbocycles. The maximum Gasteiger partial charge on any atom is 0.251 e. The van der Waals surface area contributed by atoms with Crippen molar-refractivity contribution in [3.05, 3.63) is 54.4 Å². The second-order valence-electron chi connectivity index (χ2n) is 10.4. The summed E-state index contributed by atoms with van der Waals surface area (Å²) in [6.45, 7) is 4.99. The Hall–Kier alpha value is -2.96. The van der Waals surface area contributed by atoms with E-state index in [-0.39, 0.29) is 12.8 Å². The molecular formula is C27H31F2N5. The molecule has 0 amide bonds. The Balaban J connectivity index is 1.25. The zero-order valence-electron chi connectivity index (χ0n) is 19.7. The zero-order chi connectivity index (χ0) is 23.3. The summed E-state index contributed by atoms with van der Waals surface area (Å²) in [6, 6.07) is 12.4.